The lowest BCUT2D eigenvalue weighted by atomic mass is 9.72. The predicted octanol–water partition coefficient (Wildman–Crippen LogP) is -0.00320. The largest absolute Gasteiger partial charge is 0.457 e. The minimum atomic E-state index is -1.59. The second-order valence-electron chi connectivity index (χ2n) is 4.86. The Labute approximate surface area is 94.3 Å². The normalized spacial score (nSPS) is 21.2. The highest BCUT2D eigenvalue weighted by Crippen LogP contribution is 2.25. The van der Waals surface area contributed by atoms with Gasteiger partial charge >= 0.3 is 13.2 Å². The molecule has 90 valence electrons. The Morgan fingerprint density at radius 2 is 2.06 bits per heavy atom. The first-order valence-corrected chi connectivity index (χ1v) is 5.10. The molecular weight excluding hydrogens is 213 g/mol. The van der Waals surface area contributed by atoms with Gasteiger partial charge in [0.2, 0.25) is 5.91 Å². The van der Waals surface area contributed by atoms with Crippen molar-refractivity contribution in [3.8, 4) is 0 Å². The van der Waals surface area contributed by atoms with Crippen LogP contribution in [0.5, 0.6) is 0 Å². The third-order valence-corrected chi connectivity index (χ3v) is 2.19. The molecule has 1 atom stereocenters. The number of hydrogen-bond donors (Lipinski definition) is 2. The van der Waals surface area contributed by atoms with Crippen molar-refractivity contribution in [3.63, 3.8) is 0 Å². The van der Waals surface area contributed by atoms with Gasteiger partial charge in [0.1, 0.15) is 5.60 Å². The van der Waals surface area contributed by atoms with E-state index >= 15 is 0 Å². The number of rotatable bonds is 1. The van der Waals surface area contributed by atoms with E-state index in [-0.39, 0.29) is 13.0 Å². The average molecular weight is 229 g/mol. The van der Waals surface area contributed by atoms with E-state index in [0.29, 0.717) is 0 Å². The average Bonchev–Trinajstić information content (AvgIpc) is 2.44. The fourth-order valence-corrected chi connectivity index (χ4v) is 1.43. The Morgan fingerprint density at radius 3 is 2.44 bits per heavy atom. The van der Waals surface area contributed by atoms with Crippen LogP contribution in [0.4, 0.5) is 4.79 Å². The molecule has 0 saturated carbocycles. The maximum absolute atomic E-state index is 11.6. The molecular formula is C9H16BNO5. The first kappa shape index (κ1) is 13.0. The zero-order valence-corrected chi connectivity index (χ0v) is 9.64. The fraction of sp³-hybridized carbons (Fsp3) is 0.778. The van der Waals surface area contributed by atoms with Gasteiger partial charge in [0, 0.05) is 18.8 Å². The van der Waals surface area contributed by atoms with Crippen molar-refractivity contribution < 1.29 is 24.4 Å². The molecule has 1 aliphatic rings. The summed E-state index contributed by atoms with van der Waals surface area (Å²) in [6.07, 6.45) is -0.780. The Morgan fingerprint density at radius 1 is 1.50 bits per heavy atom. The maximum Gasteiger partial charge on any atom is 0.457 e. The van der Waals surface area contributed by atoms with Crippen molar-refractivity contribution in [2.45, 2.75) is 38.6 Å². The van der Waals surface area contributed by atoms with Crippen LogP contribution in [0.3, 0.4) is 0 Å². The van der Waals surface area contributed by atoms with Crippen LogP contribution in [-0.4, -0.2) is 46.2 Å². The summed E-state index contributed by atoms with van der Waals surface area (Å²) in [4.78, 5) is 23.9. The first-order valence-electron chi connectivity index (χ1n) is 5.10. The number of hydrogen-bond acceptors (Lipinski definition) is 5. The summed E-state index contributed by atoms with van der Waals surface area (Å²) in [6, 6.07) is 0. The zero-order chi connectivity index (χ0) is 12.5. The zero-order valence-electron chi connectivity index (χ0n) is 9.64. The van der Waals surface area contributed by atoms with Crippen LogP contribution in [0.25, 0.3) is 0 Å². The van der Waals surface area contributed by atoms with Crippen LogP contribution in [-0.2, 0) is 9.53 Å². The molecule has 0 radical (unpaired) electrons. The molecule has 0 spiro atoms. The van der Waals surface area contributed by atoms with Crippen molar-refractivity contribution in [1.29, 1.82) is 0 Å². The number of ether oxygens (including phenoxy) is 1. The standard InChI is InChI=1S/C9H16BNO5/c1-9(2,3)16-8(13)11-5-6(10(14)15)4-7(11)12/h6,14-15H,4-5H2,1-3H3. The van der Waals surface area contributed by atoms with Gasteiger partial charge in [-0.1, -0.05) is 0 Å². The van der Waals surface area contributed by atoms with Gasteiger partial charge in [0.05, 0.1) is 0 Å². The second kappa shape index (κ2) is 4.43. The quantitative estimate of drug-likeness (QED) is 0.618. The summed E-state index contributed by atoms with van der Waals surface area (Å²) >= 11 is 0. The van der Waals surface area contributed by atoms with E-state index < -0.39 is 30.5 Å². The molecule has 1 saturated heterocycles. The van der Waals surface area contributed by atoms with Crippen LogP contribution in [0, 0.1) is 0 Å². The third-order valence-electron chi connectivity index (χ3n) is 2.19. The summed E-state index contributed by atoms with van der Waals surface area (Å²) < 4.78 is 5.02. The van der Waals surface area contributed by atoms with Gasteiger partial charge in [0.25, 0.3) is 0 Å². The minimum absolute atomic E-state index is 0.00852. The highest BCUT2D eigenvalue weighted by Gasteiger charge is 2.41. The number of imide groups is 1. The fourth-order valence-electron chi connectivity index (χ4n) is 1.43. The molecule has 6 nitrogen and oxygen atoms in total. The van der Waals surface area contributed by atoms with Crippen molar-refractivity contribution in [3.05, 3.63) is 0 Å². The molecule has 0 aromatic heterocycles. The van der Waals surface area contributed by atoms with Crippen molar-refractivity contribution in [2.24, 2.45) is 0 Å². The number of carbonyl (C=O) groups is 2. The lowest BCUT2D eigenvalue weighted by Gasteiger charge is -2.23. The SMILES string of the molecule is CC(C)(C)OC(=O)N1CC(B(O)O)CC1=O. The molecule has 2 amide bonds. The summed E-state index contributed by atoms with van der Waals surface area (Å²) in [6.45, 7) is 5.09. The van der Waals surface area contributed by atoms with E-state index in [1.807, 2.05) is 0 Å². The van der Waals surface area contributed by atoms with Crippen LogP contribution >= 0.6 is 0 Å². The van der Waals surface area contributed by atoms with Gasteiger partial charge in [-0.15, -0.1) is 0 Å². The smallest absolute Gasteiger partial charge is 0.443 e. The topological polar surface area (TPSA) is 87.1 Å². The molecule has 7 heteroatoms. The van der Waals surface area contributed by atoms with E-state index in [4.69, 9.17) is 14.8 Å². The molecule has 0 aliphatic carbocycles. The monoisotopic (exact) mass is 229 g/mol. The summed E-state index contributed by atoms with van der Waals surface area (Å²) in [5.74, 6) is -1.06. The van der Waals surface area contributed by atoms with E-state index in [9.17, 15) is 9.59 Å². The second-order valence-corrected chi connectivity index (χ2v) is 4.86. The third kappa shape index (κ3) is 3.21. The van der Waals surface area contributed by atoms with Gasteiger partial charge in [-0.2, -0.15) is 0 Å². The summed E-state index contributed by atoms with van der Waals surface area (Å²) in [7, 11) is -1.59. The van der Waals surface area contributed by atoms with Crippen molar-refractivity contribution in [1.82, 2.24) is 4.90 Å². The maximum atomic E-state index is 11.6. The molecule has 1 unspecified atom stereocenters. The van der Waals surface area contributed by atoms with E-state index in [1.165, 1.54) is 0 Å². The molecule has 0 aromatic rings. The van der Waals surface area contributed by atoms with Gasteiger partial charge in [-0.25, -0.2) is 9.69 Å². The Kier molecular flexibility index (Phi) is 3.59. The highest BCUT2D eigenvalue weighted by molar-refractivity contribution is 6.44. The highest BCUT2D eigenvalue weighted by atomic mass is 16.6. The minimum Gasteiger partial charge on any atom is -0.443 e. The molecule has 2 N–H and O–H groups in total. The predicted molar refractivity (Wildman–Crippen MR) is 56.5 cm³/mol. The van der Waals surface area contributed by atoms with Crippen molar-refractivity contribution >= 4 is 19.1 Å². The summed E-state index contributed by atoms with van der Waals surface area (Å²) in [5.41, 5.74) is -0.673. The van der Waals surface area contributed by atoms with Gasteiger partial charge in [-0.05, 0) is 20.8 Å². The lowest BCUT2D eigenvalue weighted by molar-refractivity contribution is -0.126. The van der Waals surface area contributed by atoms with Crippen LogP contribution < -0.4 is 0 Å². The van der Waals surface area contributed by atoms with Gasteiger partial charge in [-0.3, -0.25) is 4.79 Å². The number of nitrogens with zero attached hydrogens (tertiary/aromatic N) is 1. The van der Waals surface area contributed by atoms with Crippen LogP contribution in [0.2, 0.25) is 5.82 Å². The van der Waals surface area contributed by atoms with Crippen LogP contribution in [0.1, 0.15) is 27.2 Å². The van der Waals surface area contributed by atoms with E-state index in [2.05, 4.69) is 0 Å². The first-order chi connectivity index (χ1) is 7.20. The molecule has 1 fully saturated rings. The number of amides is 2. The Hall–Kier alpha value is -1.08. The molecule has 1 rings (SSSR count). The molecule has 1 heterocycles. The summed E-state index contributed by atoms with van der Waals surface area (Å²) in [5, 5.41) is 17.9. The van der Waals surface area contributed by atoms with Gasteiger partial charge < -0.3 is 14.8 Å². The van der Waals surface area contributed by atoms with E-state index in [1.54, 1.807) is 20.8 Å². The molecule has 0 bridgehead atoms. The molecule has 0 aromatic carbocycles. The van der Waals surface area contributed by atoms with E-state index in [0.717, 1.165) is 4.90 Å². The Balaban J connectivity index is 2.62. The lowest BCUT2D eigenvalue weighted by Crippen LogP contribution is -2.38. The Bertz CT molecular complexity index is 299. The molecule has 1 aliphatic heterocycles. The van der Waals surface area contributed by atoms with Crippen molar-refractivity contribution in [2.75, 3.05) is 6.54 Å². The number of carbonyl (C=O) groups excluding carboxylic acids is 2. The molecule has 16 heavy (non-hydrogen) atoms. The van der Waals surface area contributed by atoms with Gasteiger partial charge in [0.15, 0.2) is 0 Å². The number of likely N-dealkylation sites (tertiary alicyclic amines) is 1. The van der Waals surface area contributed by atoms with Crippen LogP contribution in [0.15, 0.2) is 0 Å².